The molecule has 1 saturated carbocycles. The molecule has 0 aliphatic heterocycles. The number of hydrogen-bond donors (Lipinski definition) is 0. The first-order valence-corrected chi connectivity index (χ1v) is 5.78. The third kappa shape index (κ3) is 1.39. The Morgan fingerprint density at radius 1 is 1.41 bits per heavy atom. The number of esters is 1. The maximum Gasteiger partial charge on any atom is 0.309 e. The fourth-order valence-corrected chi connectivity index (χ4v) is 2.99. The molecule has 3 atom stereocenters. The average molecular weight is 238 g/mol. The molecule has 1 aromatic carbocycles. The standard InChI is InChI=1S/C13H12F2O2/c1-2-17-13(16)12-7-5-6-8(14)3-4-9(15)10(6)11(7)12/h3-4,7,11-12H,2,5H2,1H3/t7-,11-,12-/m1/s1. The van der Waals surface area contributed by atoms with Gasteiger partial charge in [-0.1, -0.05) is 0 Å². The molecule has 90 valence electrons. The van der Waals surface area contributed by atoms with E-state index in [4.69, 9.17) is 4.74 Å². The van der Waals surface area contributed by atoms with Crippen LogP contribution < -0.4 is 0 Å². The van der Waals surface area contributed by atoms with E-state index >= 15 is 0 Å². The van der Waals surface area contributed by atoms with E-state index in [0.717, 1.165) is 12.1 Å². The summed E-state index contributed by atoms with van der Waals surface area (Å²) < 4.78 is 32.0. The van der Waals surface area contributed by atoms with E-state index in [-0.39, 0.29) is 29.5 Å². The van der Waals surface area contributed by atoms with Gasteiger partial charge in [-0.05, 0) is 42.5 Å². The zero-order valence-corrected chi connectivity index (χ0v) is 9.37. The SMILES string of the molecule is CCOC(=O)[C@@H]1[C@@H]2Cc3c(F)ccc(F)c3[C@@H]21. The highest BCUT2D eigenvalue weighted by Gasteiger charge is 2.61. The minimum Gasteiger partial charge on any atom is -0.466 e. The van der Waals surface area contributed by atoms with Crippen molar-refractivity contribution in [3.63, 3.8) is 0 Å². The van der Waals surface area contributed by atoms with Crippen molar-refractivity contribution in [2.24, 2.45) is 11.8 Å². The molecule has 0 bridgehead atoms. The second kappa shape index (κ2) is 3.52. The Hall–Kier alpha value is -1.45. The summed E-state index contributed by atoms with van der Waals surface area (Å²) in [6.07, 6.45) is 0.451. The van der Waals surface area contributed by atoms with Gasteiger partial charge in [-0.25, -0.2) is 8.78 Å². The third-order valence-electron chi connectivity index (χ3n) is 3.75. The average Bonchev–Trinajstić information content (AvgIpc) is 2.86. The van der Waals surface area contributed by atoms with Crippen LogP contribution in [-0.2, 0) is 16.0 Å². The zero-order valence-electron chi connectivity index (χ0n) is 9.37. The second-order valence-corrected chi connectivity index (χ2v) is 4.59. The second-order valence-electron chi connectivity index (χ2n) is 4.59. The van der Waals surface area contributed by atoms with Crippen molar-refractivity contribution in [3.8, 4) is 0 Å². The van der Waals surface area contributed by atoms with Crippen LogP contribution in [0.5, 0.6) is 0 Å². The van der Waals surface area contributed by atoms with E-state index in [1.807, 2.05) is 0 Å². The molecule has 0 aromatic heterocycles. The van der Waals surface area contributed by atoms with Gasteiger partial charge >= 0.3 is 5.97 Å². The van der Waals surface area contributed by atoms with Gasteiger partial charge in [-0.2, -0.15) is 0 Å². The van der Waals surface area contributed by atoms with E-state index in [0.29, 0.717) is 24.2 Å². The molecule has 0 heterocycles. The van der Waals surface area contributed by atoms with Gasteiger partial charge in [0, 0.05) is 5.92 Å². The molecule has 0 unspecified atom stereocenters. The molecule has 4 heteroatoms. The van der Waals surface area contributed by atoms with Gasteiger partial charge in [-0.3, -0.25) is 4.79 Å². The topological polar surface area (TPSA) is 26.3 Å². The number of benzene rings is 1. The Bertz CT molecular complexity index is 498. The summed E-state index contributed by atoms with van der Waals surface area (Å²) in [5, 5.41) is 0. The summed E-state index contributed by atoms with van der Waals surface area (Å²) in [5.41, 5.74) is 0.841. The highest BCUT2D eigenvalue weighted by atomic mass is 19.1. The lowest BCUT2D eigenvalue weighted by Gasteiger charge is -2.09. The molecule has 2 aliphatic carbocycles. The van der Waals surface area contributed by atoms with Crippen LogP contribution in [0.4, 0.5) is 8.78 Å². The maximum atomic E-state index is 13.7. The lowest BCUT2D eigenvalue weighted by atomic mass is 10.0. The summed E-state index contributed by atoms with van der Waals surface area (Å²) in [5.74, 6) is -1.44. The third-order valence-corrected chi connectivity index (χ3v) is 3.75. The summed E-state index contributed by atoms with van der Waals surface area (Å²) in [6, 6.07) is 2.29. The molecule has 0 radical (unpaired) electrons. The Morgan fingerprint density at radius 3 is 2.82 bits per heavy atom. The molecule has 0 amide bonds. The molecule has 0 saturated heterocycles. The lowest BCUT2D eigenvalue weighted by Crippen LogP contribution is -2.12. The molecule has 3 rings (SSSR count). The number of carbonyl (C=O) groups is 1. The molecular formula is C13H12F2O2. The van der Waals surface area contributed by atoms with Gasteiger partial charge in [0.25, 0.3) is 0 Å². The number of ether oxygens (including phenoxy) is 1. The first kappa shape index (κ1) is 10.7. The number of fused-ring (bicyclic) bond motifs is 3. The summed E-state index contributed by atoms with van der Waals surface area (Å²) in [4.78, 5) is 11.6. The van der Waals surface area contributed by atoms with Crippen LogP contribution in [0.1, 0.15) is 24.0 Å². The van der Waals surface area contributed by atoms with Gasteiger partial charge < -0.3 is 4.74 Å². The fraction of sp³-hybridized carbons (Fsp3) is 0.462. The van der Waals surface area contributed by atoms with Crippen LogP contribution in [-0.4, -0.2) is 12.6 Å². The number of hydrogen-bond acceptors (Lipinski definition) is 2. The van der Waals surface area contributed by atoms with Crippen LogP contribution in [0, 0.1) is 23.5 Å². The van der Waals surface area contributed by atoms with Crippen molar-refractivity contribution >= 4 is 5.97 Å². The van der Waals surface area contributed by atoms with Crippen LogP contribution in [0.2, 0.25) is 0 Å². The molecular weight excluding hydrogens is 226 g/mol. The summed E-state index contributed by atoms with van der Waals surface area (Å²) >= 11 is 0. The molecule has 0 spiro atoms. The highest BCUT2D eigenvalue weighted by molar-refractivity contribution is 5.79. The van der Waals surface area contributed by atoms with E-state index in [9.17, 15) is 13.6 Å². The van der Waals surface area contributed by atoms with E-state index in [2.05, 4.69) is 0 Å². The predicted octanol–water partition coefficient (Wildman–Crippen LogP) is 2.41. The van der Waals surface area contributed by atoms with Crippen molar-refractivity contribution in [3.05, 3.63) is 34.9 Å². The van der Waals surface area contributed by atoms with Gasteiger partial charge in [0.1, 0.15) is 11.6 Å². The van der Waals surface area contributed by atoms with Gasteiger partial charge in [-0.15, -0.1) is 0 Å². The van der Waals surface area contributed by atoms with E-state index in [1.54, 1.807) is 6.92 Å². The van der Waals surface area contributed by atoms with Gasteiger partial charge in [0.15, 0.2) is 0 Å². The number of carbonyl (C=O) groups excluding carboxylic acids is 1. The predicted molar refractivity (Wildman–Crippen MR) is 56.4 cm³/mol. The number of halogens is 2. The van der Waals surface area contributed by atoms with Crippen molar-refractivity contribution in [1.82, 2.24) is 0 Å². The van der Waals surface area contributed by atoms with E-state index in [1.165, 1.54) is 0 Å². The molecule has 2 aliphatic rings. The Labute approximate surface area is 97.6 Å². The van der Waals surface area contributed by atoms with Gasteiger partial charge in [0.05, 0.1) is 12.5 Å². The smallest absolute Gasteiger partial charge is 0.309 e. The largest absolute Gasteiger partial charge is 0.466 e. The monoisotopic (exact) mass is 238 g/mol. The molecule has 17 heavy (non-hydrogen) atoms. The molecule has 2 nitrogen and oxygen atoms in total. The van der Waals surface area contributed by atoms with Crippen LogP contribution in [0.25, 0.3) is 0 Å². The van der Waals surface area contributed by atoms with Crippen LogP contribution >= 0.6 is 0 Å². The lowest BCUT2D eigenvalue weighted by molar-refractivity contribution is -0.145. The van der Waals surface area contributed by atoms with Crippen molar-refractivity contribution in [2.45, 2.75) is 19.3 Å². The Kier molecular flexibility index (Phi) is 2.21. The minimum absolute atomic E-state index is 0.0375. The van der Waals surface area contributed by atoms with Crippen molar-refractivity contribution in [1.29, 1.82) is 0 Å². The molecule has 1 fully saturated rings. The normalized spacial score (nSPS) is 28.5. The van der Waals surface area contributed by atoms with Crippen LogP contribution in [0.3, 0.4) is 0 Å². The number of rotatable bonds is 2. The van der Waals surface area contributed by atoms with Crippen LogP contribution in [0.15, 0.2) is 12.1 Å². The first-order valence-electron chi connectivity index (χ1n) is 5.78. The van der Waals surface area contributed by atoms with Gasteiger partial charge in [0.2, 0.25) is 0 Å². The maximum absolute atomic E-state index is 13.7. The Balaban J connectivity index is 1.91. The fourth-order valence-electron chi connectivity index (χ4n) is 2.99. The highest BCUT2D eigenvalue weighted by Crippen LogP contribution is 2.62. The Morgan fingerprint density at radius 2 is 2.12 bits per heavy atom. The first-order chi connectivity index (χ1) is 8.15. The zero-order chi connectivity index (χ0) is 12.2. The minimum atomic E-state index is -0.402. The van der Waals surface area contributed by atoms with E-state index < -0.39 is 5.82 Å². The van der Waals surface area contributed by atoms with Crippen molar-refractivity contribution in [2.75, 3.05) is 6.61 Å². The van der Waals surface area contributed by atoms with Crippen molar-refractivity contribution < 1.29 is 18.3 Å². The molecule has 0 N–H and O–H groups in total. The summed E-state index contributed by atoms with van der Waals surface area (Å²) in [6.45, 7) is 2.07. The molecule has 1 aromatic rings. The summed E-state index contributed by atoms with van der Waals surface area (Å²) in [7, 11) is 0. The quantitative estimate of drug-likeness (QED) is 0.739.